The number of hydrogen-bond acceptors (Lipinski definition) is 4. The molecule has 0 saturated carbocycles. The maximum Gasteiger partial charge on any atom is 0.0594 e. The zero-order valence-electron chi connectivity index (χ0n) is 13.9. The van der Waals surface area contributed by atoms with E-state index < -0.39 is 0 Å². The maximum absolute atomic E-state index is 6.52. The minimum Gasteiger partial charge on any atom is -0.383 e. The number of methoxy groups -OCH3 is 1. The molecular formula is C17H30N2OS. The number of nitrogens with zero attached hydrogens (tertiary/aromatic N) is 1. The van der Waals surface area contributed by atoms with Crippen molar-refractivity contribution in [3.63, 3.8) is 0 Å². The van der Waals surface area contributed by atoms with E-state index in [0.29, 0.717) is 6.04 Å². The van der Waals surface area contributed by atoms with E-state index in [1.165, 1.54) is 22.6 Å². The fourth-order valence-electron chi connectivity index (χ4n) is 3.03. The second kappa shape index (κ2) is 7.23. The van der Waals surface area contributed by atoms with Crippen molar-refractivity contribution >= 4 is 11.3 Å². The molecule has 0 bridgehead atoms. The first-order valence-corrected chi connectivity index (χ1v) is 8.84. The van der Waals surface area contributed by atoms with Gasteiger partial charge in [0.15, 0.2) is 0 Å². The molecule has 3 nitrogen and oxygen atoms in total. The lowest BCUT2D eigenvalue weighted by Gasteiger charge is -2.32. The van der Waals surface area contributed by atoms with Gasteiger partial charge in [-0.05, 0) is 36.9 Å². The molecule has 0 radical (unpaired) electrons. The number of likely N-dealkylation sites (tertiary alicyclic amines) is 1. The van der Waals surface area contributed by atoms with Crippen molar-refractivity contribution in [2.75, 3.05) is 26.8 Å². The normalized spacial score (nSPS) is 25.0. The Labute approximate surface area is 133 Å². The molecular weight excluding hydrogens is 280 g/mol. The van der Waals surface area contributed by atoms with E-state index in [1.54, 1.807) is 7.11 Å². The van der Waals surface area contributed by atoms with Crippen LogP contribution in [0.25, 0.3) is 0 Å². The van der Waals surface area contributed by atoms with Crippen molar-refractivity contribution in [3.8, 4) is 0 Å². The lowest BCUT2D eigenvalue weighted by molar-refractivity contribution is 0.116. The molecule has 4 heteroatoms. The minimum atomic E-state index is 0.217. The number of rotatable bonds is 4. The van der Waals surface area contributed by atoms with Gasteiger partial charge in [-0.1, -0.05) is 27.2 Å². The monoisotopic (exact) mass is 310 g/mol. The second-order valence-corrected chi connectivity index (χ2v) is 8.20. The molecule has 0 aliphatic carbocycles. The van der Waals surface area contributed by atoms with Crippen LogP contribution in [0.3, 0.4) is 0 Å². The summed E-state index contributed by atoms with van der Waals surface area (Å²) in [6.07, 6.45) is 3.60. The summed E-state index contributed by atoms with van der Waals surface area (Å²) in [6, 6.07) is 5.16. The Morgan fingerprint density at radius 2 is 2.10 bits per heavy atom. The highest BCUT2D eigenvalue weighted by Gasteiger charge is 2.30. The van der Waals surface area contributed by atoms with Gasteiger partial charge in [0, 0.05) is 29.5 Å². The van der Waals surface area contributed by atoms with Gasteiger partial charge < -0.3 is 10.5 Å². The summed E-state index contributed by atoms with van der Waals surface area (Å²) < 4.78 is 5.29. The van der Waals surface area contributed by atoms with Crippen molar-refractivity contribution in [1.82, 2.24) is 4.90 Å². The molecule has 1 fully saturated rings. The van der Waals surface area contributed by atoms with Gasteiger partial charge >= 0.3 is 0 Å². The molecule has 2 N–H and O–H groups in total. The molecule has 2 unspecified atom stereocenters. The smallest absolute Gasteiger partial charge is 0.0594 e. The predicted molar refractivity (Wildman–Crippen MR) is 91.0 cm³/mol. The molecule has 21 heavy (non-hydrogen) atoms. The highest BCUT2D eigenvalue weighted by atomic mass is 32.1. The van der Waals surface area contributed by atoms with Crippen LogP contribution >= 0.6 is 11.3 Å². The second-order valence-electron chi connectivity index (χ2n) is 7.09. The molecule has 1 aliphatic rings. The summed E-state index contributed by atoms with van der Waals surface area (Å²) in [7, 11) is 1.77. The van der Waals surface area contributed by atoms with E-state index in [2.05, 4.69) is 37.8 Å². The van der Waals surface area contributed by atoms with Gasteiger partial charge in [-0.15, -0.1) is 11.3 Å². The number of nitrogens with two attached hydrogens (primary N) is 1. The molecule has 0 amide bonds. The topological polar surface area (TPSA) is 38.5 Å². The van der Waals surface area contributed by atoms with Crippen LogP contribution in [0.1, 0.15) is 55.8 Å². The van der Waals surface area contributed by atoms with Crippen molar-refractivity contribution in [3.05, 3.63) is 21.9 Å². The van der Waals surface area contributed by atoms with Crippen LogP contribution in [0.5, 0.6) is 0 Å². The first-order valence-electron chi connectivity index (χ1n) is 8.02. The summed E-state index contributed by atoms with van der Waals surface area (Å²) >= 11 is 1.93. The Morgan fingerprint density at radius 1 is 1.33 bits per heavy atom. The Balaban J connectivity index is 2.23. The fourth-order valence-corrected chi connectivity index (χ4v) is 4.30. The van der Waals surface area contributed by atoms with Gasteiger partial charge in [0.25, 0.3) is 0 Å². The first kappa shape index (κ1) is 16.9. The molecule has 1 aromatic rings. The average molecular weight is 311 g/mol. The van der Waals surface area contributed by atoms with Crippen LogP contribution < -0.4 is 5.73 Å². The minimum absolute atomic E-state index is 0.217. The first-order chi connectivity index (χ1) is 9.93. The molecule has 1 aromatic heterocycles. The van der Waals surface area contributed by atoms with Crippen molar-refractivity contribution in [2.24, 2.45) is 5.73 Å². The van der Waals surface area contributed by atoms with E-state index in [9.17, 15) is 0 Å². The average Bonchev–Trinajstić information content (AvgIpc) is 2.82. The fraction of sp³-hybridized carbons (Fsp3) is 0.765. The van der Waals surface area contributed by atoms with Gasteiger partial charge in [0.1, 0.15) is 0 Å². The predicted octanol–water partition coefficient (Wildman–Crippen LogP) is 3.55. The van der Waals surface area contributed by atoms with Gasteiger partial charge in [-0.3, -0.25) is 4.90 Å². The summed E-state index contributed by atoms with van der Waals surface area (Å²) in [5.74, 6) is 0. The number of thiophene rings is 1. The third-order valence-electron chi connectivity index (χ3n) is 4.27. The Kier molecular flexibility index (Phi) is 5.83. The van der Waals surface area contributed by atoms with Crippen LogP contribution in [-0.2, 0) is 10.2 Å². The van der Waals surface area contributed by atoms with Crippen LogP contribution in [0.4, 0.5) is 0 Å². The van der Waals surface area contributed by atoms with Crippen LogP contribution in [0, 0.1) is 0 Å². The van der Waals surface area contributed by atoms with E-state index >= 15 is 0 Å². The van der Waals surface area contributed by atoms with Crippen molar-refractivity contribution in [1.29, 1.82) is 0 Å². The quantitative estimate of drug-likeness (QED) is 0.924. The third-order valence-corrected chi connectivity index (χ3v) is 5.85. The number of ether oxygens (including phenoxy) is 1. The van der Waals surface area contributed by atoms with E-state index in [1.807, 2.05) is 11.3 Å². The Hall–Kier alpha value is -0.420. The van der Waals surface area contributed by atoms with E-state index in [-0.39, 0.29) is 11.5 Å². The lowest BCUT2D eigenvalue weighted by atomic mass is 9.95. The molecule has 2 rings (SSSR count). The summed E-state index contributed by atoms with van der Waals surface area (Å²) in [6.45, 7) is 9.71. The molecule has 1 aliphatic heterocycles. The molecule has 120 valence electrons. The standard InChI is InChI=1S/C17H30N2OS/c1-17(2,3)15-9-8-14(21-15)16-13(18)7-5-6-10-19(16)11-12-20-4/h8-9,13,16H,5-7,10-12,18H2,1-4H3. The third kappa shape index (κ3) is 4.28. The molecule has 2 heterocycles. The molecule has 0 aromatic carbocycles. The summed E-state index contributed by atoms with van der Waals surface area (Å²) in [4.78, 5) is 5.39. The zero-order chi connectivity index (χ0) is 15.5. The van der Waals surface area contributed by atoms with Gasteiger partial charge in [-0.25, -0.2) is 0 Å². The Morgan fingerprint density at radius 3 is 2.71 bits per heavy atom. The Bertz CT molecular complexity index is 438. The van der Waals surface area contributed by atoms with Crippen molar-refractivity contribution in [2.45, 2.75) is 57.5 Å². The maximum atomic E-state index is 6.52. The largest absolute Gasteiger partial charge is 0.383 e. The SMILES string of the molecule is COCCN1CCCCC(N)C1c1ccc(C(C)(C)C)s1. The summed E-state index contributed by atoms with van der Waals surface area (Å²) in [5, 5.41) is 0. The highest BCUT2D eigenvalue weighted by molar-refractivity contribution is 7.12. The van der Waals surface area contributed by atoms with Crippen LogP contribution in [0.2, 0.25) is 0 Å². The van der Waals surface area contributed by atoms with Crippen molar-refractivity contribution < 1.29 is 4.74 Å². The zero-order valence-corrected chi connectivity index (χ0v) is 14.7. The van der Waals surface area contributed by atoms with E-state index in [4.69, 9.17) is 10.5 Å². The molecule has 2 atom stereocenters. The highest BCUT2D eigenvalue weighted by Crippen LogP contribution is 2.37. The summed E-state index contributed by atoms with van der Waals surface area (Å²) in [5.41, 5.74) is 6.73. The number of hydrogen-bond donors (Lipinski definition) is 1. The van der Waals surface area contributed by atoms with Gasteiger partial charge in [0.2, 0.25) is 0 Å². The molecule has 0 spiro atoms. The van der Waals surface area contributed by atoms with Gasteiger partial charge in [-0.2, -0.15) is 0 Å². The van der Waals surface area contributed by atoms with Crippen LogP contribution in [-0.4, -0.2) is 37.7 Å². The lowest BCUT2D eigenvalue weighted by Crippen LogP contribution is -2.40. The van der Waals surface area contributed by atoms with E-state index in [0.717, 1.165) is 26.1 Å². The van der Waals surface area contributed by atoms with Crippen LogP contribution in [0.15, 0.2) is 12.1 Å². The molecule has 1 saturated heterocycles. The van der Waals surface area contributed by atoms with Gasteiger partial charge in [0.05, 0.1) is 12.6 Å².